The standard InChI is InChI=1S/C12H9F3N4OS/c13-12(14,15)20-9-4-2-1-3-7(9)19-10-6-17-8(5-18-10)11(16)21/h1-6H,(H2,16,21)(H,18,19). The van der Waals surface area contributed by atoms with Crippen LogP contribution < -0.4 is 15.8 Å². The average molecular weight is 314 g/mol. The van der Waals surface area contributed by atoms with Crippen molar-refractivity contribution in [3.8, 4) is 5.75 Å². The van der Waals surface area contributed by atoms with E-state index in [4.69, 9.17) is 18.0 Å². The Labute approximate surface area is 123 Å². The molecular weight excluding hydrogens is 305 g/mol. The summed E-state index contributed by atoms with van der Waals surface area (Å²) < 4.78 is 40.8. The number of benzene rings is 1. The first kappa shape index (κ1) is 15.0. The minimum Gasteiger partial charge on any atom is -0.404 e. The average Bonchev–Trinajstić information content (AvgIpc) is 2.40. The molecule has 0 atom stereocenters. The Kier molecular flexibility index (Phi) is 4.22. The van der Waals surface area contributed by atoms with Crippen LogP contribution in [-0.2, 0) is 0 Å². The molecule has 0 fully saturated rings. The van der Waals surface area contributed by atoms with Crippen molar-refractivity contribution in [1.82, 2.24) is 9.97 Å². The van der Waals surface area contributed by atoms with Gasteiger partial charge in [-0.15, -0.1) is 13.2 Å². The largest absolute Gasteiger partial charge is 0.573 e. The number of halogens is 3. The molecular formula is C12H9F3N4OS. The van der Waals surface area contributed by atoms with Gasteiger partial charge in [0.1, 0.15) is 16.5 Å². The van der Waals surface area contributed by atoms with Crippen LogP contribution in [0.1, 0.15) is 5.69 Å². The predicted octanol–water partition coefficient (Wildman–Crippen LogP) is 2.75. The van der Waals surface area contributed by atoms with E-state index in [0.717, 1.165) is 0 Å². The number of ether oxygens (including phenoxy) is 1. The van der Waals surface area contributed by atoms with Gasteiger partial charge in [0.2, 0.25) is 0 Å². The molecule has 0 radical (unpaired) electrons. The molecule has 0 amide bonds. The maximum Gasteiger partial charge on any atom is 0.573 e. The van der Waals surface area contributed by atoms with Crippen molar-refractivity contribution >= 4 is 28.7 Å². The van der Waals surface area contributed by atoms with Crippen LogP contribution >= 0.6 is 12.2 Å². The van der Waals surface area contributed by atoms with E-state index in [9.17, 15) is 13.2 Å². The normalized spacial score (nSPS) is 11.0. The van der Waals surface area contributed by atoms with Crippen LogP contribution in [0.5, 0.6) is 5.75 Å². The summed E-state index contributed by atoms with van der Waals surface area (Å²) >= 11 is 4.73. The maximum absolute atomic E-state index is 12.3. The first-order valence-corrected chi connectivity index (χ1v) is 5.99. The lowest BCUT2D eigenvalue weighted by atomic mass is 10.3. The van der Waals surface area contributed by atoms with E-state index in [2.05, 4.69) is 20.0 Å². The summed E-state index contributed by atoms with van der Waals surface area (Å²) in [5.74, 6) is -0.140. The van der Waals surface area contributed by atoms with Crippen LogP contribution in [-0.4, -0.2) is 21.3 Å². The van der Waals surface area contributed by atoms with Crippen LogP contribution in [0.2, 0.25) is 0 Å². The van der Waals surface area contributed by atoms with Crippen molar-refractivity contribution in [3.63, 3.8) is 0 Å². The molecule has 0 saturated heterocycles. The van der Waals surface area contributed by atoms with Crippen molar-refractivity contribution in [3.05, 3.63) is 42.4 Å². The lowest BCUT2D eigenvalue weighted by molar-refractivity contribution is -0.274. The summed E-state index contributed by atoms with van der Waals surface area (Å²) in [6.45, 7) is 0. The molecule has 9 heteroatoms. The Balaban J connectivity index is 2.21. The minimum atomic E-state index is -4.78. The van der Waals surface area contributed by atoms with Crippen LogP contribution in [0.25, 0.3) is 0 Å². The Hall–Kier alpha value is -2.42. The second-order valence-corrected chi connectivity index (χ2v) is 4.26. The molecule has 1 heterocycles. The summed E-state index contributed by atoms with van der Waals surface area (Å²) in [5.41, 5.74) is 5.79. The lowest BCUT2D eigenvalue weighted by Crippen LogP contribution is -2.18. The molecule has 21 heavy (non-hydrogen) atoms. The van der Waals surface area contributed by atoms with Gasteiger partial charge < -0.3 is 15.8 Å². The first-order chi connectivity index (χ1) is 9.85. The van der Waals surface area contributed by atoms with Crippen molar-refractivity contribution < 1.29 is 17.9 Å². The third kappa shape index (κ3) is 4.28. The second-order valence-electron chi connectivity index (χ2n) is 3.82. The lowest BCUT2D eigenvalue weighted by Gasteiger charge is -2.14. The van der Waals surface area contributed by atoms with Crippen molar-refractivity contribution in [1.29, 1.82) is 0 Å². The van der Waals surface area contributed by atoms with E-state index in [0.29, 0.717) is 5.69 Å². The van der Waals surface area contributed by atoms with Gasteiger partial charge in [-0.05, 0) is 12.1 Å². The smallest absolute Gasteiger partial charge is 0.404 e. The van der Waals surface area contributed by atoms with Gasteiger partial charge in [0.05, 0.1) is 18.1 Å². The monoisotopic (exact) mass is 314 g/mol. The van der Waals surface area contributed by atoms with Gasteiger partial charge in [-0.3, -0.25) is 0 Å². The van der Waals surface area contributed by atoms with Crippen LogP contribution in [0, 0.1) is 0 Å². The number of hydrogen-bond acceptors (Lipinski definition) is 5. The SMILES string of the molecule is NC(=S)c1cnc(Nc2ccccc2OC(F)(F)F)cn1. The highest BCUT2D eigenvalue weighted by atomic mass is 32.1. The molecule has 0 aliphatic heterocycles. The summed E-state index contributed by atoms with van der Waals surface area (Å²) in [7, 11) is 0. The van der Waals surface area contributed by atoms with Gasteiger partial charge in [0.15, 0.2) is 5.75 Å². The van der Waals surface area contributed by atoms with E-state index in [1.54, 1.807) is 6.07 Å². The van der Waals surface area contributed by atoms with Gasteiger partial charge in [-0.25, -0.2) is 9.97 Å². The molecule has 2 aromatic rings. The Morgan fingerprint density at radius 2 is 1.90 bits per heavy atom. The fraction of sp³-hybridized carbons (Fsp3) is 0.0833. The number of nitrogens with one attached hydrogen (secondary N) is 1. The number of rotatable bonds is 4. The van der Waals surface area contributed by atoms with Gasteiger partial charge >= 0.3 is 6.36 Å². The Morgan fingerprint density at radius 1 is 1.19 bits per heavy atom. The van der Waals surface area contributed by atoms with E-state index in [-0.39, 0.29) is 22.2 Å². The topological polar surface area (TPSA) is 73.1 Å². The third-order valence-electron chi connectivity index (χ3n) is 2.28. The van der Waals surface area contributed by atoms with Gasteiger partial charge in [0.25, 0.3) is 0 Å². The fourth-order valence-electron chi connectivity index (χ4n) is 1.44. The van der Waals surface area contributed by atoms with E-state index in [1.807, 2.05) is 0 Å². The first-order valence-electron chi connectivity index (χ1n) is 5.59. The molecule has 5 nitrogen and oxygen atoms in total. The molecule has 3 N–H and O–H groups in total. The molecule has 0 aliphatic carbocycles. The fourth-order valence-corrected chi connectivity index (χ4v) is 1.55. The molecule has 110 valence electrons. The number of nitrogens with two attached hydrogens (primary N) is 1. The molecule has 0 bridgehead atoms. The highest BCUT2D eigenvalue weighted by molar-refractivity contribution is 7.80. The van der Waals surface area contributed by atoms with Crippen LogP contribution in [0.4, 0.5) is 24.7 Å². The van der Waals surface area contributed by atoms with Crippen LogP contribution in [0.3, 0.4) is 0 Å². The van der Waals surface area contributed by atoms with Crippen molar-refractivity contribution in [2.75, 3.05) is 5.32 Å². The second kappa shape index (κ2) is 5.92. The number of thiocarbonyl (C=S) groups is 1. The molecule has 0 unspecified atom stereocenters. The van der Waals surface area contributed by atoms with Crippen molar-refractivity contribution in [2.45, 2.75) is 6.36 Å². The number of hydrogen-bond donors (Lipinski definition) is 2. The zero-order valence-electron chi connectivity index (χ0n) is 10.4. The summed E-state index contributed by atoms with van der Waals surface area (Å²) in [5, 5.41) is 2.68. The molecule has 0 spiro atoms. The molecule has 0 aliphatic rings. The summed E-state index contributed by atoms with van der Waals surface area (Å²) in [6.07, 6.45) is -2.16. The zero-order chi connectivity index (χ0) is 15.5. The molecule has 0 saturated carbocycles. The summed E-state index contributed by atoms with van der Waals surface area (Å²) in [4.78, 5) is 7.96. The zero-order valence-corrected chi connectivity index (χ0v) is 11.2. The quantitative estimate of drug-likeness (QED) is 0.846. The van der Waals surface area contributed by atoms with Gasteiger partial charge in [0, 0.05) is 0 Å². The maximum atomic E-state index is 12.3. The van der Waals surface area contributed by atoms with E-state index in [1.165, 1.54) is 30.6 Å². The van der Waals surface area contributed by atoms with Crippen LogP contribution in [0.15, 0.2) is 36.7 Å². The van der Waals surface area contributed by atoms with Crippen molar-refractivity contribution in [2.24, 2.45) is 5.73 Å². The van der Waals surface area contributed by atoms with Gasteiger partial charge in [-0.1, -0.05) is 24.4 Å². The molecule has 1 aromatic carbocycles. The minimum absolute atomic E-state index is 0.0786. The third-order valence-corrected chi connectivity index (χ3v) is 2.49. The predicted molar refractivity (Wildman–Crippen MR) is 74.3 cm³/mol. The number of para-hydroxylation sites is 2. The highest BCUT2D eigenvalue weighted by Gasteiger charge is 2.32. The highest BCUT2D eigenvalue weighted by Crippen LogP contribution is 2.31. The number of nitrogens with zero attached hydrogens (tertiary/aromatic N) is 2. The number of aromatic nitrogens is 2. The Bertz CT molecular complexity index is 646. The Morgan fingerprint density at radius 3 is 2.48 bits per heavy atom. The van der Waals surface area contributed by atoms with E-state index < -0.39 is 6.36 Å². The molecule has 2 rings (SSSR count). The van der Waals surface area contributed by atoms with Gasteiger partial charge in [-0.2, -0.15) is 0 Å². The number of anilines is 2. The van der Waals surface area contributed by atoms with E-state index >= 15 is 0 Å². The number of alkyl halides is 3. The summed E-state index contributed by atoms with van der Waals surface area (Å²) in [6, 6.07) is 5.59. The molecule has 1 aromatic heterocycles.